The SMILES string of the molecule is Cc1cccc(-c2ccccc2N(c2ccccc2C2(c3ccccc3)c3ccccc3-c3ccccc32)c2cccc3c2-c2ccccc2C3(C)C)c1. The second-order valence-corrected chi connectivity index (χ2v) is 15.3. The number of hydrogen-bond acceptors (Lipinski definition) is 1. The molecule has 8 aromatic carbocycles. The lowest BCUT2D eigenvalue weighted by molar-refractivity contribution is 0.660. The van der Waals surface area contributed by atoms with Gasteiger partial charge in [0, 0.05) is 16.5 Å². The number of nitrogens with zero attached hydrogens (tertiary/aromatic N) is 1. The lowest BCUT2D eigenvalue weighted by Crippen LogP contribution is -2.31. The van der Waals surface area contributed by atoms with E-state index in [-0.39, 0.29) is 5.41 Å². The van der Waals surface area contributed by atoms with Gasteiger partial charge in [-0.1, -0.05) is 195 Å². The molecule has 1 heteroatoms. The van der Waals surface area contributed by atoms with Crippen molar-refractivity contribution >= 4 is 17.1 Å². The Morgan fingerprint density at radius 2 is 0.870 bits per heavy atom. The summed E-state index contributed by atoms with van der Waals surface area (Å²) in [7, 11) is 0. The zero-order chi connectivity index (χ0) is 36.4. The zero-order valence-electron chi connectivity index (χ0n) is 30.9. The first-order valence-electron chi connectivity index (χ1n) is 19.0. The summed E-state index contributed by atoms with van der Waals surface area (Å²) in [5.74, 6) is 0. The first kappa shape index (κ1) is 32.2. The van der Waals surface area contributed by atoms with E-state index in [0.717, 1.165) is 11.4 Å². The molecule has 2 aliphatic rings. The molecule has 0 aliphatic heterocycles. The van der Waals surface area contributed by atoms with Gasteiger partial charge in [-0.3, -0.25) is 0 Å². The highest BCUT2D eigenvalue weighted by atomic mass is 15.2. The number of para-hydroxylation sites is 2. The monoisotopic (exact) mass is 691 g/mol. The minimum absolute atomic E-state index is 0.141. The quantitative estimate of drug-likeness (QED) is 0.168. The predicted molar refractivity (Wildman–Crippen MR) is 226 cm³/mol. The predicted octanol–water partition coefficient (Wildman–Crippen LogP) is 13.8. The Balaban J connectivity index is 1.35. The van der Waals surface area contributed by atoms with Gasteiger partial charge in [0.15, 0.2) is 0 Å². The van der Waals surface area contributed by atoms with Crippen LogP contribution in [0.15, 0.2) is 194 Å². The highest BCUT2D eigenvalue weighted by molar-refractivity contribution is 5.99. The number of aryl methyl sites for hydroxylation is 1. The number of rotatable bonds is 6. The van der Waals surface area contributed by atoms with E-state index in [4.69, 9.17) is 0 Å². The van der Waals surface area contributed by atoms with Gasteiger partial charge in [0.25, 0.3) is 0 Å². The summed E-state index contributed by atoms with van der Waals surface area (Å²) in [5, 5.41) is 0. The van der Waals surface area contributed by atoms with Crippen LogP contribution < -0.4 is 4.90 Å². The number of hydrogen-bond donors (Lipinski definition) is 0. The molecule has 0 amide bonds. The summed E-state index contributed by atoms with van der Waals surface area (Å²) in [6.45, 7) is 6.93. The smallest absolute Gasteiger partial charge is 0.0733 e. The van der Waals surface area contributed by atoms with Crippen LogP contribution in [-0.2, 0) is 10.8 Å². The second kappa shape index (κ2) is 12.3. The van der Waals surface area contributed by atoms with Gasteiger partial charge in [-0.05, 0) is 80.8 Å². The molecule has 0 spiro atoms. The minimum atomic E-state index is -0.573. The van der Waals surface area contributed by atoms with Crippen molar-refractivity contribution in [2.45, 2.75) is 31.6 Å². The van der Waals surface area contributed by atoms with E-state index in [1.807, 2.05) is 0 Å². The highest BCUT2D eigenvalue weighted by Gasteiger charge is 2.48. The van der Waals surface area contributed by atoms with Crippen molar-refractivity contribution in [1.29, 1.82) is 0 Å². The fourth-order valence-electron chi connectivity index (χ4n) is 9.70. The Kier molecular flexibility index (Phi) is 7.35. The van der Waals surface area contributed by atoms with Gasteiger partial charge < -0.3 is 4.90 Å². The fraction of sp³-hybridized carbons (Fsp3) is 0.0943. The molecule has 0 atom stereocenters. The van der Waals surface area contributed by atoms with Crippen LogP contribution in [0.4, 0.5) is 17.1 Å². The van der Waals surface area contributed by atoms with E-state index in [9.17, 15) is 0 Å². The molecule has 54 heavy (non-hydrogen) atoms. The van der Waals surface area contributed by atoms with Gasteiger partial charge >= 0.3 is 0 Å². The van der Waals surface area contributed by atoms with Crippen LogP contribution in [0.1, 0.15) is 52.8 Å². The number of benzene rings is 8. The van der Waals surface area contributed by atoms with E-state index < -0.39 is 5.41 Å². The standard InChI is InChI=1S/C53H41N/c1-36-19-17-20-37(35-36)39-23-10-15-32-48(39)54(50-34-18-31-47-51(50)42-26-9-11-27-43(42)52(47,2)3)49-33-16-14-30-46(49)53(38-21-5-4-6-22-38)44-28-12-7-24-40(44)41-25-8-13-29-45(41)53/h4-35H,1-3H3. The summed E-state index contributed by atoms with van der Waals surface area (Å²) in [5.41, 5.74) is 19.4. The average Bonchev–Trinajstić information content (AvgIpc) is 3.65. The molecule has 10 rings (SSSR count). The Labute approximate surface area is 318 Å². The van der Waals surface area contributed by atoms with Crippen molar-refractivity contribution in [3.05, 3.63) is 233 Å². The minimum Gasteiger partial charge on any atom is -0.309 e. The van der Waals surface area contributed by atoms with Gasteiger partial charge in [0.2, 0.25) is 0 Å². The topological polar surface area (TPSA) is 3.24 Å². The molecule has 258 valence electrons. The fourth-order valence-corrected chi connectivity index (χ4v) is 9.70. The van der Waals surface area contributed by atoms with Crippen LogP contribution in [0.5, 0.6) is 0 Å². The number of anilines is 3. The Bertz CT molecular complexity index is 2670. The number of fused-ring (bicyclic) bond motifs is 6. The third-order valence-electron chi connectivity index (χ3n) is 12.0. The van der Waals surface area contributed by atoms with Gasteiger partial charge in [-0.25, -0.2) is 0 Å². The third-order valence-corrected chi connectivity index (χ3v) is 12.0. The molecule has 0 aromatic heterocycles. The average molecular weight is 692 g/mol. The van der Waals surface area contributed by atoms with Crippen LogP contribution in [-0.4, -0.2) is 0 Å². The van der Waals surface area contributed by atoms with Crippen molar-refractivity contribution in [3.63, 3.8) is 0 Å². The highest BCUT2D eigenvalue weighted by Crippen LogP contribution is 2.60. The third kappa shape index (κ3) is 4.58. The molecule has 0 radical (unpaired) electrons. The van der Waals surface area contributed by atoms with E-state index >= 15 is 0 Å². The lowest BCUT2D eigenvalue weighted by Gasteiger charge is -2.39. The van der Waals surface area contributed by atoms with Gasteiger partial charge in [0.1, 0.15) is 0 Å². The summed E-state index contributed by atoms with van der Waals surface area (Å²) in [6, 6.07) is 72.2. The van der Waals surface area contributed by atoms with Crippen molar-refractivity contribution in [2.75, 3.05) is 4.90 Å². The molecule has 0 bridgehead atoms. The van der Waals surface area contributed by atoms with E-state index in [1.165, 1.54) is 78.0 Å². The first-order valence-corrected chi connectivity index (χ1v) is 19.0. The molecular formula is C53H41N. The Morgan fingerprint density at radius 1 is 0.370 bits per heavy atom. The molecule has 0 saturated heterocycles. The van der Waals surface area contributed by atoms with E-state index in [1.54, 1.807) is 0 Å². The van der Waals surface area contributed by atoms with Gasteiger partial charge in [0.05, 0.1) is 22.5 Å². The lowest BCUT2D eigenvalue weighted by atomic mass is 9.67. The van der Waals surface area contributed by atoms with Crippen molar-refractivity contribution in [1.82, 2.24) is 0 Å². The van der Waals surface area contributed by atoms with Crippen LogP contribution in [0.3, 0.4) is 0 Å². The molecule has 2 aliphatic carbocycles. The van der Waals surface area contributed by atoms with Crippen LogP contribution in [0, 0.1) is 6.92 Å². The summed E-state index contributed by atoms with van der Waals surface area (Å²) in [6.07, 6.45) is 0. The van der Waals surface area contributed by atoms with Crippen molar-refractivity contribution < 1.29 is 0 Å². The van der Waals surface area contributed by atoms with Crippen LogP contribution in [0.2, 0.25) is 0 Å². The first-order chi connectivity index (χ1) is 26.5. The Hall–Kier alpha value is -6.44. The maximum absolute atomic E-state index is 2.58. The largest absolute Gasteiger partial charge is 0.309 e. The second-order valence-electron chi connectivity index (χ2n) is 15.3. The van der Waals surface area contributed by atoms with Gasteiger partial charge in [-0.2, -0.15) is 0 Å². The normalized spacial score (nSPS) is 14.1. The maximum Gasteiger partial charge on any atom is 0.0733 e. The summed E-state index contributed by atoms with van der Waals surface area (Å²) >= 11 is 0. The van der Waals surface area contributed by atoms with Crippen molar-refractivity contribution in [2.24, 2.45) is 0 Å². The summed E-state index contributed by atoms with van der Waals surface area (Å²) in [4.78, 5) is 2.58. The van der Waals surface area contributed by atoms with Crippen LogP contribution >= 0.6 is 0 Å². The molecular weight excluding hydrogens is 651 g/mol. The maximum atomic E-state index is 2.58. The van der Waals surface area contributed by atoms with Crippen LogP contribution in [0.25, 0.3) is 33.4 Å². The van der Waals surface area contributed by atoms with Crippen molar-refractivity contribution in [3.8, 4) is 33.4 Å². The molecule has 0 saturated carbocycles. The molecule has 0 fully saturated rings. The van der Waals surface area contributed by atoms with E-state index in [0.29, 0.717) is 0 Å². The Morgan fingerprint density at radius 3 is 1.56 bits per heavy atom. The molecule has 0 N–H and O–H groups in total. The van der Waals surface area contributed by atoms with E-state index in [2.05, 4.69) is 220 Å². The zero-order valence-corrected chi connectivity index (χ0v) is 30.9. The molecule has 8 aromatic rings. The molecule has 1 nitrogen and oxygen atoms in total. The van der Waals surface area contributed by atoms with Gasteiger partial charge in [-0.15, -0.1) is 0 Å². The summed E-state index contributed by atoms with van der Waals surface area (Å²) < 4.78 is 0. The molecule has 0 unspecified atom stereocenters. The molecule has 0 heterocycles.